The Morgan fingerprint density at radius 1 is 1.30 bits per heavy atom. The number of fused-ring (bicyclic) bond motifs is 1. The highest BCUT2D eigenvalue weighted by Gasteiger charge is 2.29. The summed E-state index contributed by atoms with van der Waals surface area (Å²) < 4.78 is 43.2. The topological polar surface area (TPSA) is 94.3 Å². The molecule has 0 spiro atoms. The van der Waals surface area contributed by atoms with E-state index >= 15 is 0 Å². The van der Waals surface area contributed by atoms with Crippen LogP contribution in [0, 0.1) is 0 Å². The van der Waals surface area contributed by atoms with Gasteiger partial charge in [0.1, 0.15) is 28.3 Å². The fraction of sp³-hybridized carbons (Fsp3) is 0.391. The van der Waals surface area contributed by atoms with Crippen molar-refractivity contribution in [3.05, 3.63) is 47.8 Å². The molecule has 1 atom stereocenters. The minimum Gasteiger partial charge on any atom is -0.496 e. The van der Waals surface area contributed by atoms with Crippen molar-refractivity contribution in [1.82, 2.24) is 14.7 Å². The number of nitrogens with one attached hydrogen (secondary N) is 1. The number of aliphatic hydroxyl groups is 1. The van der Waals surface area contributed by atoms with Gasteiger partial charge in [-0.15, -0.1) is 0 Å². The van der Waals surface area contributed by atoms with Crippen LogP contribution in [0.4, 0.5) is 8.78 Å². The number of methoxy groups -OCH3 is 2. The molecule has 3 aromatic rings. The fourth-order valence-corrected chi connectivity index (χ4v) is 3.69. The zero-order valence-electron chi connectivity index (χ0n) is 18.5. The Labute approximate surface area is 189 Å². The number of nitrogens with zero attached hydrogens (tertiary/aromatic N) is 2. The van der Waals surface area contributed by atoms with Crippen LogP contribution in [-0.2, 0) is 10.3 Å². The van der Waals surface area contributed by atoms with Gasteiger partial charge < -0.3 is 24.6 Å². The van der Waals surface area contributed by atoms with Gasteiger partial charge in [0.15, 0.2) is 0 Å². The number of aromatic nitrogens is 2. The van der Waals surface area contributed by atoms with Gasteiger partial charge in [-0.1, -0.05) is 0 Å². The van der Waals surface area contributed by atoms with E-state index in [1.807, 2.05) is 0 Å². The van der Waals surface area contributed by atoms with Gasteiger partial charge in [0.25, 0.3) is 5.91 Å². The summed E-state index contributed by atoms with van der Waals surface area (Å²) in [6.07, 6.45) is 4.97. The van der Waals surface area contributed by atoms with Crippen molar-refractivity contribution in [1.29, 1.82) is 0 Å². The van der Waals surface area contributed by atoms with E-state index in [1.165, 1.54) is 20.3 Å². The molecule has 2 aromatic heterocycles. The summed E-state index contributed by atoms with van der Waals surface area (Å²) >= 11 is 0. The molecule has 4 rings (SSSR count). The quantitative estimate of drug-likeness (QED) is 0.508. The van der Waals surface area contributed by atoms with Crippen LogP contribution in [0.25, 0.3) is 16.9 Å². The number of amides is 1. The van der Waals surface area contributed by atoms with Gasteiger partial charge in [0.2, 0.25) is 0 Å². The molecule has 2 N–H and O–H groups in total. The zero-order valence-corrected chi connectivity index (χ0v) is 18.5. The molecule has 0 saturated heterocycles. The van der Waals surface area contributed by atoms with Crippen LogP contribution in [0.3, 0.4) is 0 Å². The minimum atomic E-state index is -3.12. The van der Waals surface area contributed by atoms with Crippen molar-refractivity contribution in [3.63, 3.8) is 0 Å². The maximum atomic E-state index is 13.2. The lowest BCUT2D eigenvalue weighted by Crippen LogP contribution is -2.27. The molecular formula is C23H25F2N3O5. The average molecular weight is 461 g/mol. The molecule has 1 unspecified atom stereocenters. The number of rotatable bonds is 9. The van der Waals surface area contributed by atoms with Gasteiger partial charge in [0, 0.05) is 24.9 Å². The van der Waals surface area contributed by atoms with Gasteiger partial charge in [-0.05, 0) is 49.6 Å². The van der Waals surface area contributed by atoms with Crippen molar-refractivity contribution >= 4 is 11.6 Å². The molecule has 0 aliphatic heterocycles. The lowest BCUT2D eigenvalue weighted by atomic mass is 9.98. The maximum absolute atomic E-state index is 13.2. The third kappa shape index (κ3) is 4.76. The highest BCUT2D eigenvalue weighted by Crippen LogP contribution is 2.37. The Hall–Kier alpha value is -3.24. The first-order valence-electron chi connectivity index (χ1n) is 10.4. The number of benzene rings is 1. The van der Waals surface area contributed by atoms with E-state index in [-0.39, 0.29) is 29.7 Å². The summed E-state index contributed by atoms with van der Waals surface area (Å²) in [7, 11) is 2.86. The summed E-state index contributed by atoms with van der Waals surface area (Å²) in [6, 6.07) is 6.42. The Morgan fingerprint density at radius 2 is 2.03 bits per heavy atom. The molecule has 0 radical (unpaired) electrons. The number of carbonyl (C=O) groups is 1. The molecule has 8 nitrogen and oxygen atoms in total. The molecule has 1 aliphatic carbocycles. The number of halogens is 2. The first-order valence-corrected chi connectivity index (χ1v) is 10.4. The van der Waals surface area contributed by atoms with Crippen LogP contribution < -0.4 is 14.8 Å². The second-order valence-corrected chi connectivity index (χ2v) is 8.17. The molecule has 0 bridgehead atoms. The lowest BCUT2D eigenvalue weighted by molar-refractivity contribution is -0.0502. The maximum Gasteiger partial charge on any atom is 0.387 e. The smallest absolute Gasteiger partial charge is 0.387 e. The highest BCUT2D eigenvalue weighted by atomic mass is 19.3. The van der Waals surface area contributed by atoms with Crippen LogP contribution in [-0.4, -0.2) is 53.9 Å². The predicted molar refractivity (Wildman–Crippen MR) is 116 cm³/mol. The van der Waals surface area contributed by atoms with Gasteiger partial charge in [-0.3, -0.25) is 9.20 Å². The molecule has 1 amide bonds. The molecule has 2 heterocycles. The third-order valence-electron chi connectivity index (χ3n) is 5.50. The Balaban J connectivity index is 1.78. The minimum absolute atomic E-state index is 0.0320. The van der Waals surface area contributed by atoms with Crippen molar-refractivity contribution < 1.29 is 32.9 Å². The summed E-state index contributed by atoms with van der Waals surface area (Å²) in [4.78, 5) is 17.1. The van der Waals surface area contributed by atoms with E-state index in [9.17, 15) is 18.7 Å². The Morgan fingerprint density at radius 3 is 2.67 bits per heavy atom. The Bertz CT molecular complexity index is 1170. The SMILES string of the molecule is COCC(C)(O)c1ccn2c(-c3cc(OC)c(C(=O)NC4CC4)c(OC(F)F)c3)cnc2c1. The number of hydrogen-bond donors (Lipinski definition) is 2. The van der Waals surface area contributed by atoms with Crippen molar-refractivity contribution in [2.75, 3.05) is 20.8 Å². The third-order valence-corrected chi connectivity index (χ3v) is 5.50. The number of hydrogen-bond acceptors (Lipinski definition) is 6. The second-order valence-electron chi connectivity index (χ2n) is 8.17. The van der Waals surface area contributed by atoms with E-state index in [1.54, 1.807) is 41.9 Å². The van der Waals surface area contributed by atoms with Crippen LogP contribution >= 0.6 is 0 Å². The molecule has 1 saturated carbocycles. The largest absolute Gasteiger partial charge is 0.496 e. The number of carbonyl (C=O) groups excluding carboxylic acids is 1. The fourth-order valence-electron chi connectivity index (χ4n) is 3.69. The van der Waals surface area contributed by atoms with E-state index < -0.39 is 18.1 Å². The molecule has 1 aliphatic rings. The van der Waals surface area contributed by atoms with Crippen LogP contribution in [0.1, 0.15) is 35.7 Å². The molecular weight excluding hydrogens is 436 g/mol. The summed E-state index contributed by atoms with van der Waals surface area (Å²) in [5.41, 5.74) is 0.884. The van der Waals surface area contributed by atoms with Crippen LogP contribution in [0.5, 0.6) is 11.5 Å². The predicted octanol–water partition coefficient (Wildman–Crippen LogP) is 3.36. The second kappa shape index (κ2) is 8.95. The van der Waals surface area contributed by atoms with Gasteiger partial charge in [0.05, 0.1) is 25.6 Å². The molecule has 1 aromatic carbocycles. The van der Waals surface area contributed by atoms with Crippen molar-refractivity contribution in [3.8, 4) is 22.8 Å². The van der Waals surface area contributed by atoms with Crippen LogP contribution in [0.2, 0.25) is 0 Å². The number of alkyl halides is 2. The van der Waals surface area contributed by atoms with E-state index in [4.69, 9.17) is 14.2 Å². The van der Waals surface area contributed by atoms with E-state index in [0.717, 1.165) is 12.8 Å². The van der Waals surface area contributed by atoms with Gasteiger partial charge in [-0.25, -0.2) is 4.98 Å². The zero-order chi connectivity index (χ0) is 23.8. The number of ether oxygens (including phenoxy) is 3. The monoisotopic (exact) mass is 461 g/mol. The van der Waals surface area contributed by atoms with Crippen LogP contribution in [0.15, 0.2) is 36.7 Å². The molecule has 1 fully saturated rings. The van der Waals surface area contributed by atoms with E-state index in [2.05, 4.69) is 10.3 Å². The summed E-state index contributed by atoms with van der Waals surface area (Å²) in [5, 5.41) is 13.4. The first-order chi connectivity index (χ1) is 15.7. The normalized spacial score (nSPS) is 15.5. The van der Waals surface area contributed by atoms with Crippen molar-refractivity contribution in [2.45, 2.75) is 38.0 Å². The number of imidazole rings is 1. The highest BCUT2D eigenvalue weighted by molar-refractivity contribution is 6.01. The summed E-state index contributed by atoms with van der Waals surface area (Å²) in [5.74, 6) is -0.706. The molecule has 33 heavy (non-hydrogen) atoms. The lowest BCUT2D eigenvalue weighted by Gasteiger charge is -2.22. The van der Waals surface area contributed by atoms with Gasteiger partial charge >= 0.3 is 6.61 Å². The Kier molecular flexibility index (Phi) is 6.22. The average Bonchev–Trinajstić information content (AvgIpc) is 3.47. The van der Waals surface area contributed by atoms with Crippen molar-refractivity contribution in [2.24, 2.45) is 0 Å². The number of pyridine rings is 1. The summed E-state index contributed by atoms with van der Waals surface area (Å²) in [6.45, 7) is -1.38. The standard InChI is InChI=1S/C23H25F2N3O5/c1-23(30,12-31-2)14-6-7-28-16(11-26-19(28)10-14)13-8-17(32-3)20(18(9-13)33-22(24)25)21(29)27-15-4-5-15/h6-11,15,22,30H,4-5,12H2,1-3H3,(H,27,29). The molecule has 176 valence electrons. The molecule has 10 heteroatoms. The van der Waals surface area contributed by atoms with Gasteiger partial charge in [-0.2, -0.15) is 8.78 Å². The van der Waals surface area contributed by atoms with E-state index in [0.29, 0.717) is 22.5 Å². The first kappa shape index (κ1) is 22.9.